The van der Waals surface area contributed by atoms with Gasteiger partial charge in [-0.3, -0.25) is 0 Å². The van der Waals surface area contributed by atoms with Gasteiger partial charge in [0.25, 0.3) is 0 Å². The van der Waals surface area contributed by atoms with Crippen LogP contribution in [0.15, 0.2) is 29.2 Å². The Hall–Kier alpha value is -0.870. The van der Waals surface area contributed by atoms with Crippen molar-refractivity contribution >= 4 is 9.84 Å². The zero-order chi connectivity index (χ0) is 13.3. The monoisotopic (exact) mass is 279 g/mol. The highest BCUT2D eigenvalue weighted by atomic mass is 32.2. The van der Waals surface area contributed by atoms with Gasteiger partial charge in [0, 0.05) is 6.04 Å². The molecule has 1 aromatic carbocycles. The molecule has 2 aliphatic rings. The lowest BCUT2D eigenvalue weighted by Crippen LogP contribution is -2.35. The molecule has 0 radical (unpaired) electrons. The van der Waals surface area contributed by atoms with Crippen LogP contribution in [-0.4, -0.2) is 26.3 Å². The van der Waals surface area contributed by atoms with E-state index < -0.39 is 9.84 Å². The number of hydrogen-bond donors (Lipinski definition) is 1. The van der Waals surface area contributed by atoms with Crippen LogP contribution in [0.3, 0.4) is 0 Å². The Morgan fingerprint density at radius 3 is 2.58 bits per heavy atom. The Bertz CT molecular complexity index is 543. The van der Waals surface area contributed by atoms with Crippen LogP contribution in [0.2, 0.25) is 0 Å². The first kappa shape index (κ1) is 13.1. The molecule has 1 heterocycles. The van der Waals surface area contributed by atoms with Crippen molar-refractivity contribution in [1.29, 1.82) is 0 Å². The molecular weight excluding hydrogens is 258 g/mol. The van der Waals surface area contributed by atoms with Crippen molar-refractivity contribution in [2.24, 2.45) is 0 Å². The zero-order valence-electron chi connectivity index (χ0n) is 11.1. The first-order valence-corrected chi connectivity index (χ1v) is 8.78. The van der Waals surface area contributed by atoms with Gasteiger partial charge in [-0.05, 0) is 50.3 Å². The van der Waals surface area contributed by atoms with Gasteiger partial charge in [0.15, 0.2) is 9.84 Å². The van der Waals surface area contributed by atoms with Crippen molar-refractivity contribution in [2.45, 2.75) is 54.7 Å². The number of piperidine rings is 1. The molecule has 1 saturated carbocycles. The highest BCUT2D eigenvalue weighted by molar-refractivity contribution is 7.92. The molecule has 3 rings (SSSR count). The molecule has 1 saturated heterocycles. The normalized spacial score (nSPS) is 24.3. The Balaban J connectivity index is 1.84. The molecule has 1 aromatic rings. The number of rotatable bonds is 4. The van der Waals surface area contributed by atoms with E-state index >= 15 is 0 Å². The molecule has 1 aliphatic carbocycles. The van der Waals surface area contributed by atoms with Gasteiger partial charge in [-0.15, -0.1) is 0 Å². The van der Waals surface area contributed by atoms with Crippen LogP contribution in [0, 0.1) is 0 Å². The first-order valence-electron chi connectivity index (χ1n) is 7.23. The maximum Gasteiger partial charge on any atom is 0.181 e. The maximum atomic E-state index is 12.4. The number of hydrogen-bond acceptors (Lipinski definition) is 3. The minimum absolute atomic E-state index is 0.118. The molecule has 19 heavy (non-hydrogen) atoms. The van der Waals surface area contributed by atoms with Crippen molar-refractivity contribution in [2.75, 3.05) is 6.54 Å². The predicted octanol–water partition coefficient (Wildman–Crippen LogP) is 2.31. The molecule has 3 nitrogen and oxygen atoms in total. The largest absolute Gasteiger partial charge is 0.314 e. The third-order valence-electron chi connectivity index (χ3n) is 4.12. The van der Waals surface area contributed by atoms with Crippen LogP contribution < -0.4 is 5.32 Å². The summed E-state index contributed by atoms with van der Waals surface area (Å²) in [6, 6.07) is 7.98. The standard InChI is InChI=1S/C15H21NO2S/c17-19(18,14-8-9-14)15-7-2-1-5-12(15)11-13-6-3-4-10-16-13/h1-2,5,7,13-14,16H,3-4,6,8-11H2. The lowest BCUT2D eigenvalue weighted by atomic mass is 9.98. The van der Waals surface area contributed by atoms with E-state index in [1.165, 1.54) is 12.8 Å². The minimum atomic E-state index is -3.07. The van der Waals surface area contributed by atoms with Gasteiger partial charge in [-0.1, -0.05) is 24.6 Å². The van der Waals surface area contributed by atoms with Crippen molar-refractivity contribution in [3.8, 4) is 0 Å². The molecule has 0 aromatic heterocycles. The van der Waals surface area contributed by atoms with Crippen molar-refractivity contribution < 1.29 is 8.42 Å². The van der Waals surface area contributed by atoms with E-state index in [0.717, 1.165) is 37.8 Å². The van der Waals surface area contributed by atoms with E-state index in [-0.39, 0.29) is 5.25 Å². The summed E-state index contributed by atoms with van der Waals surface area (Å²) in [6.07, 6.45) is 6.13. The van der Waals surface area contributed by atoms with E-state index in [1.807, 2.05) is 18.2 Å². The average Bonchev–Trinajstić information content (AvgIpc) is 3.25. The van der Waals surface area contributed by atoms with E-state index in [1.54, 1.807) is 6.07 Å². The molecule has 0 bridgehead atoms. The quantitative estimate of drug-likeness (QED) is 0.920. The summed E-state index contributed by atoms with van der Waals surface area (Å²) in [6.45, 7) is 1.06. The molecule has 1 N–H and O–H groups in total. The van der Waals surface area contributed by atoms with Crippen LogP contribution in [0.25, 0.3) is 0 Å². The van der Waals surface area contributed by atoms with Gasteiger partial charge >= 0.3 is 0 Å². The Morgan fingerprint density at radius 1 is 1.11 bits per heavy atom. The molecular formula is C15H21NO2S. The molecule has 0 spiro atoms. The molecule has 104 valence electrons. The molecule has 1 atom stereocenters. The van der Waals surface area contributed by atoms with Gasteiger partial charge in [0.05, 0.1) is 10.1 Å². The van der Waals surface area contributed by atoms with Crippen LogP contribution in [0.5, 0.6) is 0 Å². The minimum Gasteiger partial charge on any atom is -0.314 e. The van der Waals surface area contributed by atoms with E-state index in [4.69, 9.17) is 0 Å². The molecule has 1 unspecified atom stereocenters. The third kappa shape index (κ3) is 2.84. The molecule has 1 aliphatic heterocycles. The summed E-state index contributed by atoms with van der Waals surface area (Å²) in [4.78, 5) is 0.574. The van der Waals surface area contributed by atoms with Gasteiger partial charge in [-0.25, -0.2) is 8.42 Å². The fraction of sp³-hybridized carbons (Fsp3) is 0.600. The fourth-order valence-electron chi connectivity index (χ4n) is 2.87. The lowest BCUT2D eigenvalue weighted by molar-refractivity contribution is 0.398. The smallest absolute Gasteiger partial charge is 0.181 e. The van der Waals surface area contributed by atoms with Gasteiger partial charge in [0.1, 0.15) is 0 Å². The summed E-state index contributed by atoms with van der Waals surface area (Å²) in [5.74, 6) is 0. The summed E-state index contributed by atoms with van der Waals surface area (Å²) in [5, 5.41) is 3.38. The van der Waals surface area contributed by atoms with Gasteiger partial charge in [0.2, 0.25) is 0 Å². The molecule has 0 amide bonds. The lowest BCUT2D eigenvalue weighted by Gasteiger charge is -2.24. The number of benzene rings is 1. The van der Waals surface area contributed by atoms with Crippen LogP contribution in [-0.2, 0) is 16.3 Å². The Labute approximate surface area is 115 Å². The second-order valence-electron chi connectivity index (χ2n) is 5.70. The summed E-state index contributed by atoms with van der Waals surface area (Å²) < 4.78 is 24.9. The summed E-state index contributed by atoms with van der Waals surface area (Å²) in [7, 11) is -3.07. The van der Waals surface area contributed by atoms with Crippen LogP contribution >= 0.6 is 0 Å². The van der Waals surface area contributed by atoms with Crippen LogP contribution in [0.1, 0.15) is 37.7 Å². The summed E-state index contributed by atoms with van der Waals surface area (Å²) >= 11 is 0. The van der Waals surface area contributed by atoms with E-state index in [9.17, 15) is 8.42 Å². The molecule has 2 fully saturated rings. The fourth-order valence-corrected chi connectivity index (χ4v) is 4.77. The molecule has 4 heteroatoms. The Kier molecular flexibility index (Phi) is 3.63. The average molecular weight is 279 g/mol. The van der Waals surface area contributed by atoms with Crippen molar-refractivity contribution in [3.05, 3.63) is 29.8 Å². The topological polar surface area (TPSA) is 46.2 Å². The van der Waals surface area contributed by atoms with E-state index in [0.29, 0.717) is 10.9 Å². The van der Waals surface area contributed by atoms with E-state index in [2.05, 4.69) is 5.32 Å². The third-order valence-corrected chi connectivity index (χ3v) is 6.48. The summed E-state index contributed by atoms with van der Waals surface area (Å²) in [5.41, 5.74) is 0.994. The second-order valence-corrected chi connectivity index (χ2v) is 7.90. The van der Waals surface area contributed by atoms with Gasteiger partial charge in [-0.2, -0.15) is 0 Å². The number of sulfone groups is 1. The van der Waals surface area contributed by atoms with Gasteiger partial charge < -0.3 is 5.32 Å². The SMILES string of the molecule is O=S(=O)(c1ccccc1CC1CCCCN1)C1CC1. The van der Waals surface area contributed by atoms with Crippen LogP contribution in [0.4, 0.5) is 0 Å². The van der Waals surface area contributed by atoms with Crippen molar-refractivity contribution in [3.63, 3.8) is 0 Å². The maximum absolute atomic E-state index is 12.4. The highest BCUT2D eigenvalue weighted by Crippen LogP contribution is 2.35. The van der Waals surface area contributed by atoms with Crippen molar-refractivity contribution in [1.82, 2.24) is 5.32 Å². The predicted molar refractivity (Wildman–Crippen MR) is 76.0 cm³/mol. The number of nitrogens with one attached hydrogen (secondary N) is 1. The second kappa shape index (κ2) is 5.25. The highest BCUT2D eigenvalue weighted by Gasteiger charge is 2.38. The zero-order valence-corrected chi connectivity index (χ0v) is 12.0. The first-order chi connectivity index (χ1) is 9.18. The Morgan fingerprint density at radius 2 is 1.89 bits per heavy atom.